The van der Waals surface area contributed by atoms with Crippen molar-refractivity contribution in [2.45, 2.75) is 50.1 Å². The van der Waals surface area contributed by atoms with Crippen molar-refractivity contribution in [1.29, 1.82) is 0 Å². The highest BCUT2D eigenvalue weighted by Gasteiger charge is 2.37. The zero-order valence-corrected chi connectivity index (χ0v) is 18.6. The van der Waals surface area contributed by atoms with E-state index in [1.165, 1.54) is 4.90 Å². The van der Waals surface area contributed by atoms with Crippen LogP contribution in [0.5, 0.6) is 0 Å². The first kappa shape index (κ1) is 28.0. The van der Waals surface area contributed by atoms with Crippen LogP contribution in [0.2, 0.25) is 0 Å². The Balaban J connectivity index is 0.000000250. The number of rotatable bonds is 3. The first-order valence-electron chi connectivity index (χ1n) is 10.5. The number of carboxylic acid groups (broad SMARTS) is 1. The molecule has 1 fully saturated rings. The van der Waals surface area contributed by atoms with Crippen LogP contribution in [0.15, 0.2) is 48.5 Å². The first-order valence-corrected chi connectivity index (χ1v) is 10.5. The minimum atomic E-state index is -4.94. The Hall–Kier alpha value is -3.28. The van der Waals surface area contributed by atoms with Crippen LogP contribution in [0, 0.1) is 0 Å². The lowest BCUT2D eigenvalue weighted by Gasteiger charge is -2.38. The van der Waals surface area contributed by atoms with Gasteiger partial charge in [-0.25, -0.2) is 4.79 Å². The molecule has 1 heterocycles. The van der Waals surface area contributed by atoms with Crippen LogP contribution in [-0.2, 0) is 17.1 Å². The maximum absolute atomic E-state index is 12.5. The van der Waals surface area contributed by atoms with E-state index >= 15 is 0 Å². The van der Waals surface area contributed by atoms with Crippen molar-refractivity contribution in [3.63, 3.8) is 0 Å². The number of primary amides is 1. The van der Waals surface area contributed by atoms with Crippen LogP contribution >= 0.6 is 0 Å². The van der Waals surface area contributed by atoms with Crippen molar-refractivity contribution < 1.29 is 41.0 Å². The van der Waals surface area contributed by atoms with Crippen molar-refractivity contribution >= 4 is 12.0 Å². The highest BCUT2D eigenvalue weighted by Crippen LogP contribution is 2.37. The number of nitrogens with zero attached hydrogens (tertiary/aromatic N) is 1. The number of halogens is 6. The van der Waals surface area contributed by atoms with Crippen LogP contribution in [-0.4, -0.2) is 34.6 Å². The molecular formula is C23H25F6N3O3. The fourth-order valence-electron chi connectivity index (χ4n) is 3.71. The Bertz CT molecular complexity index is 995. The molecule has 0 radical (unpaired) electrons. The highest BCUT2D eigenvalue weighted by atomic mass is 19.4. The molecule has 5 N–H and O–H groups in total. The predicted octanol–water partition coefficient (Wildman–Crippen LogP) is 5.14. The summed E-state index contributed by atoms with van der Waals surface area (Å²) in [6.45, 7) is 1.71. The van der Waals surface area contributed by atoms with Crippen LogP contribution in [0.4, 0.5) is 31.1 Å². The summed E-state index contributed by atoms with van der Waals surface area (Å²) in [6, 6.07) is 10.3. The summed E-state index contributed by atoms with van der Waals surface area (Å²) in [6.07, 6.45) is -9.04. The summed E-state index contributed by atoms with van der Waals surface area (Å²) >= 11 is 0. The SMILES string of the molecule is CC(C(N)=O)c1cc(C(F)(F)F)cc(C(F)(F)F)c1.N[C@H]1CCCN(C(=O)O)[C@@H]1c1ccccc1. The van der Waals surface area contributed by atoms with Gasteiger partial charge >= 0.3 is 18.4 Å². The van der Waals surface area contributed by atoms with Gasteiger partial charge in [-0.05, 0) is 49.1 Å². The van der Waals surface area contributed by atoms with Gasteiger partial charge in [0.1, 0.15) is 0 Å². The van der Waals surface area contributed by atoms with Gasteiger partial charge in [-0.1, -0.05) is 30.3 Å². The molecule has 0 aliphatic carbocycles. The number of hydrogen-bond acceptors (Lipinski definition) is 3. The molecule has 1 saturated heterocycles. The molecule has 1 aliphatic rings. The molecule has 6 nitrogen and oxygen atoms in total. The van der Waals surface area contributed by atoms with E-state index in [1.54, 1.807) is 0 Å². The molecule has 2 amide bonds. The normalized spacial score (nSPS) is 19.4. The molecular weight excluding hydrogens is 480 g/mol. The Morgan fingerprint density at radius 3 is 1.94 bits per heavy atom. The highest BCUT2D eigenvalue weighted by molar-refractivity contribution is 5.81. The number of hydrogen-bond donors (Lipinski definition) is 3. The maximum Gasteiger partial charge on any atom is 0.416 e. The molecule has 3 atom stereocenters. The van der Waals surface area contributed by atoms with Gasteiger partial charge in [-0.3, -0.25) is 9.69 Å². The number of piperidine rings is 1. The minimum absolute atomic E-state index is 0.00276. The largest absolute Gasteiger partial charge is 0.465 e. The van der Waals surface area contributed by atoms with Gasteiger partial charge in [0.05, 0.1) is 23.1 Å². The molecule has 0 spiro atoms. The van der Waals surface area contributed by atoms with Gasteiger partial charge in [0.2, 0.25) is 5.91 Å². The molecule has 1 unspecified atom stereocenters. The Morgan fingerprint density at radius 1 is 1.00 bits per heavy atom. The van der Waals surface area contributed by atoms with E-state index in [9.17, 15) is 35.9 Å². The first-order chi connectivity index (χ1) is 16.1. The van der Waals surface area contributed by atoms with Gasteiger partial charge < -0.3 is 16.6 Å². The molecule has 2 aromatic rings. The monoisotopic (exact) mass is 505 g/mol. The van der Waals surface area contributed by atoms with Crippen LogP contribution in [0.3, 0.4) is 0 Å². The van der Waals surface area contributed by atoms with Gasteiger partial charge in [-0.15, -0.1) is 0 Å². The molecule has 0 bridgehead atoms. The van der Waals surface area contributed by atoms with Crippen LogP contribution in [0.25, 0.3) is 0 Å². The summed E-state index contributed by atoms with van der Waals surface area (Å²) in [5.74, 6) is -2.25. The van der Waals surface area contributed by atoms with Crippen LogP contribution in [0.1, 0.15) is 54.0 Å². The van der Waals surface area contributed by atoms with E-state index in [4.69, 9.17) is 16.6 Å². The van der Waals surface area contributed by atoms with Crippen molar-refractivity contribution in [3.8, 4) is 0 Å². The quantitative estimate of drug-likeness (QED) is 0.502. The fraction of sp³-hybridized carbons (Fsp3) is 0.391. The summed E-state index contributed by atoms with van der Waals surface area (Å²) in [7, 11) is 0. The second-order valence-corrected chi connectivity index (χ2v) is 8.10. The van der Waals surface area contributed by atoms with Crippen LogP contribution < -0.4 is 11.5 Å². The van der Waals surface area contributed by atoms with Gasteiger partial charge in [0.25, 0.3) is 0 Å². The Labute approximate surface area is 197 Å². The lowest BCUT2D eigenvalue weighted by atomic mass is 9.91. The maximum atomic E-state index is 12.5. The molecule has 1 aliphatic heterocycles. The molecule has 35 heavy (non-hydrogen) atoms. The van der Waals surface area contributed by atoms with Gasteiger partial charge in [0, 0.05) is 12.6 Å². The summed E-state index contributed by atoms with van der Waals surface area (Å²) in [5.41, 5.74) is 8.55. The molecule has 2 aromatic carbocycles. The number of alkyl halides is 6. The topological polar surface area (TPSA) is 110 Å². The molecule has 0 aromatic heterocycles. The lowest BCUT2D eigenvalue weighted by Crippen LogP contribution is -2.48. The average molecular weight is 505 g/mol. The predicted molar refractivity (Wildman–Crippen MR) is 115 cm³/mol. The number of carbonyl (C=O) groups is 2. The van der Waals surface area contributed by atoms with E-state index in [0.29, 0.717) is 18.7 Å². The van der Waals surface area contributed by atoms with E-state index < -0.39 is 47.0 Å². The minimum Gasteiger partial charge on any atom is -0.465 e. The smallest absolute Gasteiger partial charge is 0.416 e. The van der Waals surface area contributed by atoms with Crippen molar-refractivity contribution in [2.24, 2.45) is 11.5 Å². The second kappa shape index (κ2) is 11.0. The van der Waals surface area contributed by atoms with E-state index in [-0.39, 0.29) is 18.2 Å². The molecule has 3 rings (SSSR count). The molecule has 0 saturated carbocycles. The Kier molecular flexibility index (Phi) is 8.77. The fourth-order valence-corrected chi connectivity index (χ4v) is 3.71. The zero-order valence-electron chi connectivity index (χ0n) is 18.6. The number of amides is 2. The second-order valence-electron chi connectivity index (χ2n) is 8.10. The van der Waals surface area contributed by atoms with Gasteiger partial charge in [0.15, 0.2) is 0 Å². The summed E-state index contributed by atoms with van der Waals surface area (Å²) in [5, 5.41) is 9.16. The van der Waals surface area contributed by atoms with Crippen molar-refractivity contribution in [3.05, 3.63) is 70.8 Å². The zero-order chi connectivity index (χ0) is 26.6. The van der Waals surface area contributed by atoms with Crippen molar-refractivity contribution in [2.75, 3.05) is 6.54 Å². The lowest BCUT2D eigenvalue weighted by molar-refractivity contribution is -0.143. The molecule has 192 valence electrons. The Morgan fingerprint density at radius 2 is 1.51 bits per heavy atom. The third-order valence-electron chi connectivity index (χ3n) is 5.60. The third kappa shape index (κ3) is 7.35. The molecule has 12 heteroatoms. The number of likely N-dealkylation sites (tertiary alicyclic amines) is 1. The standard InChI is InChI=1S/C12H16N2O2.C11H9F6NO/c13-10-7-4-8-14(12(15)16)11(10)9-5-2-1-3-6-9;1-5(9(18)19)6-2-7(10(12,13)14)4-8(3-6)11(15,16)17/h1-3,5-6,10-11H,4,7-8,13H2,(H,15,16);2-5H,1H3,(H2,18,19)/t10-,11+;/m0./s1. The van der Waals surface area contributed by atoms with Crippen molar-refractivity contribution in [1.82, 2.24) is 4.90 Å². The third-order valence-corrected chi connectivity index (χ3v) is 5.60. The number of nitrogens with two attached hydrogens (primary N) is 2. The van der Waals surface area contributed by atoms with E-state index in [1.807, 2.05) is 30.3 Å². The summed E-state index contributed by atoms with van der Waals surface area (Å²) in [4.78, 5) is 23.5. The van der Waals surface area contributed by atoms with E-state index in [2.05, 4.69) is 0 Å². The number of benzene rings is 2. The average Bonchev–Trinajstić information content (AvgIpc) is 2.77. The van der Waals surface area contributed by atoms with Gasteiger partial charge in [-0.2, -0.15) is 26.3 Å². The van der Waals surface area contributed by atoms with E-state index in [0.717, 1.165) is 25.3 Å². The summed E-state index contributed by atoms with van der Waals surface area (Å²) < 4.78 is 75.1. The number of carbonyl (C=O) groups excluding carboxylic acids is 1.